The van der Waals surface area contributed by atoms with Gasteiger partial charge in [0, 0.05) is 58.1 Å². The Kier molecular flexibility index (Phi) is 5.53. The molecule has 1 aromatic carbocycles. The van der Waals surface area contributed by atoms with Crippen molar-refractivity contribution >= 4 is 17.5 Å². The highest BCUT2D eigenvalue weighted by Gasteiger charge is 2.27. The highest BCUT2D eigenvalue weighted by atomic mass is 16.5. The number of anilines is 1. The summed E-state index contributed by atoms with van der Waals surface area (Å²) in [5.74, 6) is 0.684. The minimum atomic E-state index is -0.104. The Bertz CT molecular complexity index is 835. The summed E-state index contributed by atoms with van der Waals surface area (Å²) in [5, 5.41) is 0. The van der Waals surface area contributed by atoms with Crippen LogP contribution < -0.4 is 9.64 Å². The first-order valence-corrected chi connectivity index (χ1v) is 9.62. The molecule has 2 amide bonds. The number of ether oxygens (including phenoxy) is 1. The lowest BCUT2D eigenvalue weighted by Crippen LogP contribution is -2.49. The van der Waals surface area contributed by atoms with Gasteiger partial charge >= 0.3 is 0 Å². The van der Waals surface area contributed by atoms with Crippen LogP contribution in [0.3, 0.4) is 0 Å². The van der Waals surface area contributed by atoms with Crippen LogP contribution in [0.1, 0.15) is 12.0 Å². The van der Waals surface area contributed by atoms with Crippen molar-refractivity contribution in [2.45, 2.75) is 13.0 Å². The van der Waals surface area contributed by atoms with Gasteiger partial charge in [0.15, 0.2) is 6.61 Å². The van der Waals surface area contributed by atoms with Gasteiger partial charge in [-0.1, -0.05) is 18.2 Å². The standard InChI is InChI=1S/C21H24N4O3/c26-20(7-9-25-18-5-1-2-6-19(18)28-16-21(25)27)24-12-10-23(11-13-24)15-17-4-3-8-22-14-17/h1-6,8,14H,7,9-13,15-16H2. The van der Waals surface area contributed by atoms with Crippen molar-refractivity contribution in [2.75, 3.05) is 44.2 Å². The van der Waals surface area contributed by atoms with Crippen LogP contribution in [0.4, 0.5) is 5.69 Å². The number of carbonyl (C=O) groups excluding carboxylic acids is 2. The van der Waals surface area contributed by atoms with Crippen LogP contribution in [0.25, 0.3) is 0 Å². The summed E-state index contributed by atoms with van der Waals surface area (Å²) in [4.78, 5) is 34.9. The molecular weight excluding hydrogens is 356 g/mol. The van der Waals surface area contributed by atoms with E-state index in [4.69, 9.17) is 4.74 Å². The lowest BCUT2D eigenvalue weighted by Gasteiger charge is -2.35. The van der Waals surface area contributed by atoms with E-state index in [1.54, 1.807) is 11.1 Å². The number of carbonyl (C=O) groups is 2. The molecule has 1 fully saturated rings. The molecule has 3 heterocycles. The van der Waals surface area contributed by atoms with Crippen molar-refractivity contribution in [3.8, 4) is 5.75 Å². The van der Waals surface area contributed by atoms with Crippen LogP contribution in [-0.4, -0.2) is 65.9 Å². The molecule has 0 saturated carbocycles. The summed E-state index contributed by atoms with van der Waals surface area (Å²) in [6.45, 7) is 4.39. The predicted octanol–water partition coefficient (Wildman–Crippen LogP) is 1.54. The normalized spacial score (nSPS) is 17.2. The molecule has 0 N–H and O–H groups in total. The molecule has 0 spiro atoms. The molecule has 0 unspecified atom stereocenters. The number of fused-ring (bicyclic) bond motifs is 1. The maximum Gasteiger partial charge on any atom is 0.265 e. The highest BCUT2D eigenvalue weighted by Crippen LogP contribution is 2.31. The Hall–Kier alpha value is -2.93. The topological polar surface area (TPSA) is 66.0 Å². The smallest absolute Gasteiger partial charge is 0.265 e. The van der Waals surface area contributed by atoms with Gasteiger partial charge in [0.25, 0.3) is 5.91 Å². The van der Waals surface area contributed by atoms with Gasteiger partial charge < -0.3 is 14.5 Å². The van der Waals surface area contributed by atoms with Crippen molar-refractivity contribution < 1.29 is 14.3 Å². The molecule has 1 aromatic heterocycles. The molecule has 0 aliphatic carbocycles. The van der Waals surface area contributed by atoms with Gasteiger partial charge in [0.2, 0.25) is 5.91 Å². The number of aromatic nitrogens is 1. The number of hydrogen-bond donors (Lipinski definition) is 0. The minimum absolute atomic E-state index is 0.0260. The van der Waals surface area contributed by atoms with Crippen LogP contribution >= 0.6 is 0 Å². The maximum atomic E-state index is 12.7. The molecule has 1 saturated heterocycles. The number of piperazine rings is 1. The van der Waals surface area contributed by atoms with E-state index in [2.05, 4.69) is 16.0 Å². The van der Waals surface area contributed by atoms with Gasteiger partial charge in [-0.05, 0) is 23.8 Å². The van der Waals surface area contributed by atoms with Crippen molar-refractivity contribution in [2.24, 2.45) is 0 Å². The van der Waals surface area contributed by atoms with E-state index in [-0.39, 0.29) is 18.4 Å². The number of pyridine rings is 1. The van der Waals surface area contributed by atoms with E-state index in [9.17, 15) is 9.59 Å². The van der Waals surface area contributed by atoms with Crippen molar-refractivity contribution in [3.63, 3.8) is 0 Å². The zero-order valence-corrected chi connectivity index (χ0v) is 15.8. The van der Waals surface area contributed by atoms with E-state index < -0.39 is 0 Å². The number of benzene rings is 1. The Morgan fingerprint density at radius 3 is 2.68 bits per heavy atom. The van der Waals surface area contributed by atoms with E-state index in [1.807, 2.05) is 41.4 Å². The number of rotatable bonds is 5. The van der Waals surface area contributed by atoms with Crippen molar-refractivity contribution in [3.05, 3.63) is 54.4 Å². The second-order valence-corrected chi connectivity index (χ2v) is 7.07. The van der Waals surface area contributed by atoms with Gasteiger partial charge in [-0.25, -0.2) is 0 Å². The fourth-order valence-electron chi connectivity index (χ4n) is 3.67. The van der Waals surface area contributed by atoms with E-state index in [0.717, 1.165) is 25.3 Å². The Labute approximate surface area is 164 Å². The predicted molar refractivity (Wildman–Crippen MR) is 105 cm³/mol. The average Bonchev–Trinajstić information content (AvgIpc) is 2.74. The molecule has 0 radical (unpaired) electrons. The molecule has 7 heteroatoms. The lowest BCUT2D eigenvalue weighted by atomic mass is 10.2. The van der Waals surface area contributed by atoms with Gasteiger partial charge in [-0.3, -0.25) is 19.5 Å². The molecule has 4 rings (SSSR count). The summed E-state index contributed by atoms with van der Waals surface area (Å²) >= 11 is 0. The molecule has 146 valence electrons. The first kappa shape index (κ1) is 18.4. The number of nitrogens with zero attached hydrogens (tertiary/aromatic N) is 4. The summed E-state index contributed by atoms with van der Waals surface area (Å²) < 4.78 is 5.45. The zero-order chi connectivity index (χ0) is 19.3. The minimum Gasteiger partial charge on any atom is -0.482 e. The third kappa shape index (κ3) is 4.14. The van der Waals surface area contributed by atoms with Crippen LogP contribution in [0.15, 0.2) is 48.8 Å². The largest absolute Gasteiger partial charge is 0.482 e. The Balaban J connectivity index is 1.28. The van der Waals surface area contributed by atoms with Crippen LogP contribution in [0.2, 0.25) is 0 Å². The number of para-hydroxylation sites is 2. The van der Waals surface area contributed by atoms with Crippen LogP contribution in [0, 0.1) is 0 Å². The Morgan fingerprint density at radius 2 is 1.89 bits per heavy atom. The summed E-state index contributed by atoms with van der Waals surface area (Å²) in [7, 11) is 0. The monoisotopic (exact) mass is 380 g/mol. The summed E-state index contributed by atoms with van der Waals surface area (Å²) in [6, 6.07) is 11.5. The molecular formula is C21H24N4O3. The van der Waals surface area contributed by atoms with Gasteiger partial charge in [-0.2, -0.15) is 0 Å². The van der Waals surface area contributed by atoms with Crippen LogP contribution in [-0.2, 0) is 16.1 Å². The van der Waals surface area contributed by atoms with Gasteiger partial charge in [0.05, 0.1) is 5.69 Å². The fraction of sp³-hybridized carbons (Fsp3) is 0.381. The van der Waals surface area contributed by atoms with Gasteiger partial charge in [-0.15, -0.1) is 0 Å². The van der Waals surface area contributed by atoms with E-state index in [1.165, 1.54) is 5.56 Å². The maximum absolute atomic E-state index is 12.7. The quantitative estimate of drug-likeness (QED) is 0.787. The fourth-order valence-corrected chi connectivity index (χ4v) is 3.67. The average molecular weight is 380 g/mol. The molecule has 28 heavy (non-hydrogen) atoms. The van der Waals surface area contributed by atoms with E-state index in [0.29, 0.717) is 31.8 Å². The molecule has 7 nitrogen and oxygen atoms in total. The number of hydrogen-bond acceptors (Lipinski definition) is 5. The molecule has 0 bridgehead atoms. The van der Waals surface area contributed by atoms with Crippen molar-refractivity contribution in [1.82, 2.24) is 14.8 Å². The highest BCUT2D eigenvalue weighted by molar-refractivity contribution is 5.98. The Morgan fingerprint density at radius 1 is 1.07 bits per heavy atom. The van der Waals surface area contributed by atoms with Crippen LogP contribution in [0.5, 0.6) is 5.75 Å². The molecule has 2 aromatic rings. The second-order valence-electron chi connectivity index (χ2n) is 7.07. The molecule has 2 aliphatic heterocycles. The number of amides is 2. The summed E-state index contributed by atoms with van der Waals surface area (Å²) in [5.41, 5.74) is 1.93. The molecule has 2 aliphatic rings. The lowest BCUT2D eigenvalue weighted by molar-refractivity contribution is -0.132. The summed E-state index contributed by atoms with van der Waals surface area (Å²) in [6.07, 6.45) is 3.98. The second kappa shape index (κ2) is 8.39. The van der Waals surface area contributed by atoms with Crippen molar-refractivity contribution in [1.29, 1.82) is 0 Å². The SMILES string of the molecule is O=C(CCN1C(=O)COc2ccccc21)N1CCN(Cc2cccnc2)CC1. The first-order chi connectivity index (χ1) is 13.7. The molecule has 0 atom stereocenters. The third-order valence-corrected chi connectivity index (χ3v) is 5.21. The van der Waals surface area contributed by atoms with Gasteiger partial charge in [0.1, 0.15) is 5.75 Å². The first-order valence-electron chi connectivity index (χ1n) is 9.62. The van der Waals surface area contributed by atoms with E-state index >= 15 is 0 Å². The zero-order valence-electron chi connectivity index (χ0n) is 15.8. The third-order valence-electron chi connectivity index (χ3n) is 5.21.